The van der Waals surface area contributed by atoms with Crippen LogP contribution in [-0.4, -0.2) is 71.7 Å². The third kappa shape index (κ3) is 4.73. The van der Waals surface area contributed by atoms with Gasteiger partial charge in [0.15, 0.2) is 0 Å². The molecule has 0 spiro atoms. The Morgan fingerprint density at radius 2 is 1.97 bits per heavy atom. The van der Waals surface area contributed by atoms with Gasteiger partial charge in [0.2, 0.25) is 5.91 Å². The first-order chi connectivity index (χ1) is 15.5. The average Bonchev–Trinajstić information content (AvgIpc) is 3.11. The summed E-state index contributed by atoms with van der Waals surface area (Å²) in [5, 5.41) is 14.2. The van der Waals surface area contributed by atoms with Crippen molar-refractivity contribution in [1.82, 2.24) is 20.2 Å². The number of nitrogens with one attached hydrogen (secondary N) is 1. The van der Waals surface area contributed by atoms with Crippen molar-refractivity contribution in [3.05, 3.63) is 52.4 Å². The summed E-state index contributed by atoms with van der Waals surface area (Å²) in [5.74, 6) is 0.931. The minimum Gasteiger partial charge on any atom is -0.387 e. The van der Waals surface area contributed by atoms with Gasteiger partial charge in [-0.05, 0) is 30.0 Å². The highest BCUT2D eigenvalue weighted by Gasteiger charge is 2.35. The standard InChI is InChI=1S/C23H31ClN6O2/c1-15-12-19(31)21-20(15)22(28-14-27-21)29-8-10-30(11-9-29)23(32)18(13-26-7-6-25)16-2-4-17(24)5-3-16/h2-5,14-15,18-19,26,31H,6-13,25H2,1H3/t15-,18-,19-/m1/s1. The Bertz CT molecular complexity index is 933. The number of hydrogen-bond acceptors (Lipinski definition) is 7. The van der Waals surface area contributed by atoms with Gasteiger partial charge in [0, 0.05) is 56.4 Å². The van der Waals surface area contributed by atoms with E-state index in [1.54, 1.807) is 0 Å². The lowest BCUT2D eigenvalue weighted by atomic mass is 9.97. The molecule has 1 amide bonds. The molecule has 1 aliphatic carbocycles. The van der Waals surface area contributed by atoms with Crippen LogP contribution in [0.25, 0.3) is 0 Å². The third-order valence-corrected chi connectivity index (χ3v) is 6.66. The van der Waals surface area contributed by atoms with Crippen molar-refractivity contribution in [3.8, 4) is 0 Å². The minimum atomic E-state index is -0.522. The first-order valence-electron chi connectivity index (χ1n) is 11.2. The summed E-state index contributed by atoms with van der Waals surface area (Å²) in [6, 6.07) is 7.48. The van der Waals surface area contributed by atoms with Crippen LogP contribution in [0.2, 0.25) is 5.02 Å². The van der Waals surface area contributed by atoms with Gasteiger partial charge in [0.1, 0.15) is 12.1 Å². The Morgan fingerprint density at radius 1 is 1.25 bits per heavy atom. The van der Waals surface area contributed by atoms with Gasteiger partial charge in [-0.1, -0.05) is 30.7 Å². The van der Waals surface area contributed by atoms with Gasteiger partial charge in [-0.2, -0.15) is 0 Å². The molecule has 1 aliphatic heterocycles. The van der Waals surface area contributed by atoms with E-state index in [-0.39, 0.29) is 17.7 Å². The largest absolute Gasteiger partial charge is 0.387 e. The second kappa shape index (κ2) is 10.1. The summed E-state index contributed by atoms with van der Waals surface area (Å²) in [6.07, 6.45) is 1.69. The Labute approximate surface area is 193 Å². The fourth-order valence-corrected chi connectivity index (χ4v) is 4.83. The highest BCUT2D eigenvalue weighted by molar-refractivity contribution is 6.30. The van der Waals surface area contributed by atoms with Gasteiger partial charge in [-0.3, -0.25) is 4.79 Å². The molecule has 1 aromatic heterocycles. The van der Waals surface area contributed by atoms with E-state index in [9.17, 15) is 9.90 Å². The average molecular weight is 459 g/mol. The number of nitrogens with two attached hydrogens (primary N) is 1. The quantitative estimate of drug-likeness (QED) is 0.541. The van der Waals surface area contributed by atoms with E-state index in [1.807, 2.05) is 29.2 Å². The maximum Gasteiger partial charge on any atom is 0.231 e. The second-order valence-corrected chi connectivity index (χ2v) is 8.99. The zero-order valence-electron chi connectivity index (χ0n) is 18.4. The molecular weight excluding hydrogens is 428 g/mol. The summed E-state index contributed by atoms with van der Waals surface area (Å²) >= 11 is 6.05. The molecule has 0 bridgehead atoms. The Kier molecular flexibility index (Phi) is 7.25. The molecule has 8 nitrogen and oxygen atoms in total. The Balaban J connectivity index is 1.46. The molecule has 1 fully saturated rings. The monoisotopic (exact) mass is 458 g/mol. The van der Waals surface area contributed by atoms with Crippen LogP contribution in [0.1, 0.15) is 48.1 Å². The van der Waals surface area contributed by atoms with Gasteiger partial charge in [0.05, 0.1) is 17.7 Å². The normalized spacial score (nSPS) is 21.5. The van der Waals surface area contributed by atoms with Gasteiger partial charge in [0.25, 0.3) is 0 Å². The van der Waals surface area contributed by atoms with E-state index in [2.05, 4.69) is 27.1 Å². The number of fused-ring (bicyclic) bond motifs is 1. The number of carbonyl (C=O) groups is 1. The number of rotatable bonds is 7. The van der Waals surface area contributed by atoms with Gasteiger partial charge < -0.3 is 26.0 Å². The van der Waals surface area contributed by atoms with Crippen LogP contribution in [0, 0.1) is 0 Å². The molecule has 1 saturated heterocycles. The van der Waals surface area contributed by atoms with Crippen molar-refractivity contribution in [3.63, 3.8) is 0 Å². The second-order valence-electron chi connectivity index (χ2n) is 8.56. The van der Waals surface area contributed by atoms with E-state index >= 15 is 0 Å². The predicted octanol–water partition coefficient (Wildman–Crippen LogP) is 1.65. The fourth-order valence-electron chi connectivity index (χ4n) is 4.70. The molecule has 9 heteroatoms. The fraction of sp³-hybridized carbons (Fsp3) is 0.522. The molecule has 32 heavy (non-hydrogen) atoms. The maximum absolute atomic E-state index is 13.4. The lowest BCUT2D eigenvalue weighted by molar-refractivity contribution is -0.133. The van der Waals surface area contributed by atoms with Gasteiger partial charge in [-0.15, -0.1) is 0 Å². The summed E-state index contributed by atoms with van der Waals surface area (Å²) in [7, 11) is 0. The lowest BCUT2D eigenvalue weighted by Crippen LogP contribution is -2.51. The van der Waals surface area contributed by atoms with Crippen molar-refractivity contribution >= 4 is 23.3 Å². The molecule has 0 saturated carbocycles. The highest BCUT2D eigenvalue weighted by atomic mass is 35.5. The van der Waals surface area contributed by atoms with Crippen molar-refractivity contribution in [2.45, 2.75) is 31.3 Å². The molecule has 4 N–H and O–H groups in total. The summed E-state index contributed by atoms with van der Waals surface area (Å²) in [4.78, 5) is 26.4. The van der Waals surface area contributed by atoms with E-state index in [4.69, 9.17) is 17.3 Å². The van der Waals surface area contributed by atoms with Crippen LogP contribution in [0.15, 0.2) is 30.6 Å². The number of nitrogens with zero attached hydrogens (tertiary/aromatic N) is 4. The van der Waals surface area contributed by atoms with Crippen LogP contribution in [-0.2, 0) is 4.79 Å². The molecule has 0 unspecified atom stereocenters. The van der Waals surface area contributed by atoms with Crippen LogP contribution >= 0.6 is 11.6 Å². The number of aliphatic hydroxyl groups excluding tert-OH is 1. The lowest BCUT2D eigenvalue weighted by Gasteiger charge is -2.38. The van der Waals surface area contributed by atoms with Gasteiger partial charge in [-0.25, -0.2) is 9.97 Å². The molecular formula is C23H31ClN6O2. The molecule has 2 aliphatic rings. The third-order valence-electron chi connectivity index (χ3n) is 6.41. The number of anilines is 1. The highest BCUT2D eigenvalue weighted by Crippen LogP contribution is 2.42. The Hall–Kier alpha value is -2.26. The molecule has 3 atom stereocenters. The van der Waals surface area contributed by atoms with Crippen LogP contribution in [0.5, 0.6) is 0 Å². The van der Waals surface area contributed by atoms with Crippen molar-refractivity contribution in [1.29, 1.82) is 0 Å². The van der Waals surface area contributed by atoms with E-state index < -0.39 is 6.10 Å². The number of halogens is 1. The number of carbonyl (C=O) groups excluding carboxylic acids is 1. The molecule has 4 rings (SSSR count). The topological polar surface area (TPSA) is 108 Å². The smallest absolute Gasteiger partial charge is 0.231 e. The van der Waals surface area contributed by atoms with Crippen LogP contribution in [0.3, 0.4) is 0 Å². The zero-order valence-corrected chi connectivity index (χ0v) is 19.1. The molecule has 1 aromatic carbocycles. The predicted molar refractivity (Wildman–Crippen MR) is 125 cm³/mol. The number of benzene rings is 1. The number of amides is 1. The number of piperazine rings is 1. The Morgan fingerprint density at radius 3 is 2.66 bits per heavy atom. The number of hydrogen-bond donors (Lipinski definition) is 3. The van der Waals surface area contributed by atoms with Gasteiger partial charge >= 0.3 is 0 Å². The van der Waals surface area contributed by atoms with Crippen molar-refractivity contribution in [2.75, 3.05) is 50.7 Å². The zero-order chi connectivity index (χ0) is 22.7. The van der Waals surface area contributed by atoms with Crippen molar-refractivity contribution in [2.24, 2.45) is 5.73 Å². The molecule has 2 heterocycles. The molecule has 2 aromatic rings. The minimum absolute atomic E-state index is 0.105. The van der Waals surface area contributed by atoms with Crippen LogP contribution in [0.4, 0.5) is 5.82 Å². The van der Waals surface area contributed by atoms with E-state index in [1.165, 1.54) is 6.33 Å². The molecule has 0 radical (unpaired) electrons. The summed E-state index contributed by atoms with van der Waals surface area (Å²) < 4.78 is 0. The van der Waals surface area contributed by atoms with E-state index in [0.717, 1.165) is 22.6 Å². The SMILES string of the molecule is C[C@@H]1C[C@@H](O)c2ncnc(N3CCN(C(=O)[C@H](CNCCN)c4ccc(Cl)cc4)CC3)c21. The number of aliphatic hydroxyl groups is 1. The summed E-state index contributed by atoms with van der Waals surface area (Å²) in [5.41, 5.74) is 8.35. The van der Waals surface area contributed by atoms with E-state index in [0.29, 0.717) is 57.3 Å². The molecule has 172 valence electrons. The number of aromatic nitrogens is 2. The summed E-state index contributed by atoms with van der Waals surface area (Å²) in [6.45, 7) is 6.46. The maximum atomic E-state index is 13.4. The van der Waals surface area contributed by atoms with Crippen molar-refractivity contribution < 1.29 is 9.90 Å². The van der Waals surface area contributed by atoms with Crippen LogP contribution < -0.4 is 16.0 Å². The first kappa shape index (κ1) is 22.9. The first-order valence-corrected chi connectivity index (χ1v) is 11.6.